The molecule has 2 heterocycles. The van der Waals surface area contributed by atoms with Gasteiger partial charge in [-0.05, 0) is 38.5 Å². The van der Waals surface area contributed by atoms with E-state index in [0.717, 1.165) is 0 Å². The van der Waals surface area contributed by atoms with Gasteiger partial charge in [0.1, 0.15) is 23.1 Å². The normalized spacial score (nSPS) is 21.0. The highest BCUT2D eigenvalue weighted by Crippen LogP contribution is 2.36. The number of carbonyl (C=O) groups excluding carboxylic acids is 1. The Morgan fingerprint density at radius 3 is 2.56 bits per heavy atom. The van der Waals surface area contributed by atoms with E-state index in [1.54, 1.807) is 38.5 Å². The van der Waals surface area contributed by atoms with Gasteiger partial charge in [-0.1, -0.05) is 13.0 Å². The number of ether oxygens (including phenoxy) is 1. The van der Waals surface area contributed by atoms with Gasteiger partial charge in [-0.25, -0.2) is 23.2 Å². The molecule has 11 heteroatoms. The molecule has 0 radical (unpaired) electrons. The van der Waals surface area contributed by atoms with Crippen LogP contribution in [0.2, 0.25) is 0 Å². The molecule has 2 aromatic rings. The first kappa shape index (κ1) is 25.9. The Kier molecular flexibility index (Phi) is 8.11. The van der Waals surface area contributed by atoms with Crippen molar-refractivity contribution in [2.45, 2.75) is 50.8 Å². The van der Waals surface area contributed by atoms with Gasteiger partial charge >= 0.3 is 6.03 Å². The zero-order valence-electron chi connectivity index (χ0n) is 20.2. The van der Waals surface area contributed by atoms with Crippen molar-refractivity contribution in [3.63, 3.8) is 0 Å². The molecule has 34 heavy (non-hydrogen) atoms. The average Bonchev–Trinajstić information content (AvgIpc) is 2.80. The Morgan fingerprint density at radius 2 is 1.94 bits per heavy atom. The predicted octanol–water partition coefficient (Wildman–Crippen LogP) is 1.96. The zero-order chi connectivity index (χ0) is 25.0. The van der Waals surface area contributed by atoms with Crippen LogP contribution in [0.4, 0.5) is 4.79 Å². The molecule has 1 aromatic carbocycles. The molecule has 1 aliphatic heterocycles. The molecule has 0 fully saturated rings. The van der Waals surface area contributed by atoms with Gasteiger partial charge in [0.15, 0.2) is 0 Å². The van der Waals surface area contributed by atoms with E-state index in [0.29, 0.717) is 11.1 Å². The van der Waals surface area contributed by atoms with E-state index in [9.17, 15) is 18.3 Å². The molecule has 10 nitrogen and oxygen atoms in total. The van der Waals surface area contributed by atoms with Gasteiger partial charge in [-0.2, -0.15) is 4.31 Å². The number of carbonyl (C=O) groups is 1. The maximum Gasteiger partial charge on any atom is 0.317 e. The maximum atomic E-state index is 13.6. The number of sulfonamides is 1. The van der Waals surface area contributed by atoms with Crippen molar-refractivity contribution in [2.24, 2.45) is 5.92 Å². The van der Waals surface area contributed by atoms with Crippen LogP contribution in [0.5, 0.6) is 5.75 Å². The molecule has 0 unspecified atom stereocenters. The largest absolute Gasteiger partial charge is 0.487 e. The number of nitrogens with one attached hydrogen (secondary N) is 1. The van der Waals surface area contributed by atoms with Crippen LogP contribution in [0.15, 0.2) is 41.8 Å². The van der Waals surface area contributed by atoms with Gasteiger partial charge in [0.25, 0.3) is 0 Å². The van der Waals surface area contributed by atoms with Gasteiger partial charge in [0.2, 0.25) is 10.0 Å². The first-order valence-electron chi connectivity index (χ1n) is 11.2. The summed E-state index contributed by atoms with van der Waals surface area (Å²) < 4.78 is 34.7. The Hall–Kier alpha value is -2.76. The number of aliphatic hydroxyl groups excluding tert-OH is 1. The van der Waals surface area contributed by atoms with Crippen LogP contribution in [0.1, 0.15) is 27.7 Å². The van der Waals surface area contributed by atoms with Crippen molar-refractivity contribution in [1.29, 1.82) is 0 Å². The molecule has 186 valence electrons. The van der Waals surface area contributed by atoms with Crippen molar-refractivity contribution in [3.05, 3.63) is 36.9 Å². The van der Waals surface area contributed by atoms with Crippen molar-refractivity contribution < 1.29 is 23.1 Å². The third-order valence-electron chi connectivity index (χ3n) is 5.77. The van der Waals surface area contributed by atoms with Gasteiger partial charge in [-0.15, -0.1) is 0 Å². The molecule has 2 amide bonds. The van der Waals surface area contributed by atoms with Crippen LogP contribution in [-0.2, 0) is 10.0 Å². The van der Waals surface area contributed by atoms with Crippen LogP contribution in [0, 0.1) is 5.92 Å². The number of hydrogen-bond acceptors (Lipinski definition) is 7. The molecule has 3 rings (SSSR count). The quantitative estimate of drug-likeness (QED) is 0.633. The minimum absolute atomic E-state index is 0.0135. The van der Waals surface area contributed by atoms with Gasteiger partial charge in [0.05, 0.1) is 13.2 Å². The summed E-state index contributed by atoms with van der Waals surface area (Å²) in [6.45, 7) is 7.38. The van der Waals surface area contributed by atoms with Crippen LogP contribution >= 0.6 is 0 Å². The van der Waals surface area contributed by atoms with E-state index in [1.165, 1.54) is 21.6 Å². The molecular weight excluding hydrogens is 458 g/mol. The second kappa shape index (κ2) is 10.7. The van der Waals surface area contributed by atoms with E-state index >= 15 is 0 Å². The lowest BCUT2D eigenvalue weighted by Crippen LogP contribution is -2.51. The van der Waals surface area contributed by atoms with Crippen LogP contribution < -0.4 is 10.1 Å². The molecule has 1 aliphatic rings. The molecule has 0 bridgehead atoms. The van der Waals surface area contributed by atoms with E-state index in [4.69, 9.17) is 4.74 Å². The summed E-state index contributed by atoms with van der Waals surface area (Å²) in [7, 11) is -2.27. The number of fused-ring (bicyclic) bond motifs is 1. The number of amides is 2. The minimum atomic E-state index is -3.95. The fraction of sp³-hybridized carbons (Fsp3) is 0.522. The number of benzene rings is 1. The number of hydrogen-bond donors (Lipinski definition) is 2. The summed E-state index contributed by atoms with van der Waals surface area (Å²) in [4.78, 5) is 22.1. The van der Waals surface area contributed by atoms with Crippen LogP contribution in [0.3, 0.4) is 0 Å². The fourth-order valence-corrected chi connectivity index (χ4v) is 5.61. The highest BCUT2D eigenvalue weighted by Gasteiger charge is 2.38. The monoisotopic (exact) mass is 491 g/mol. The SMILES string of the molecule is CC(C)NC(=O)N(C)C[C@@H]1Oc2cc(-c3cncnc3)ccc2S(=O)(=O)N([C@@H](C)CO)C[C@@H]1C. The highest BCUT2D eigenvalue weighted by atomic mass is 32.2. The van der Waals surface area contributed by atoms with E-state index in [-0.39, 0.29) is 48.3 Å². The number of aliphatic hydroxyl groups is 1. The molecular formula is C23H33N5O5S. The third kappa shape index (κ3) is 5.65. The molecule has 1 aromatic heterocycles. The molecule has 0 saturated heterocycles. The smallest absolute Gasteiger partial charge is 0.317 e. The Bertz CT molecular complexity index is 1100. The van der Waals surface area contributed by atoms with Crippen molar-refractivity contribution in [2.75, 3.05) is 26.7 Å². The summed E-state index contributed by atoms with van der Waals surface area (Å²) in [5, 5.41) is 12.6. The van der Waals surface area contributed by atoms with Crippen LogP contribution in [0.25, 0.3) is 11.1 Å². The minimum Gasteiger partial charge on any atom is -0.487 e. The maximum absolute atomic E-state index is 13.6. The molecule has 0 aliphatic carbocycles. The lowest BCUT2D eigenvalue weighted by Gasteiger charge is -2.37. The number of rotatable bonds is 6. The topological polar surface area (TPSA) is 125 Å². The van der Waals surface area contributed by atoms with Gasteiger partial charge in [-0.3, -0.25) is 0 Å². The summed E-state index contributed by atoms with van der Waals surface area (Å²) in [6, 6.07) is 3.97. The second-order valence-corrected chi connectivity index (χ2v) is 10.9. The lowest BCUT2D eigenvalue weighted by atomic mass is 10.0. The standard InChI is InChI=1S/C23H33N5O5S/c1-15(2)26-23(30)27(5)12-21-16(3)11-28(17(4)13-29)34(31,32)22-7-6-18(8-20(22)33-21)19-9-24-14-25-10-19/h6-10,14-17,21,29H,11-13H2,1-5H3,(H,26,30)/t16-,17-,21-/m0/s1. The summed E-state index contributed by atoms with van der Waals surface area (Å²) in [5.74, 6) is -0.0827. The Morgan fingerprint density at radius 1 is 1.26 bits per heavy atom. The molecule has 2 N–H and O–H groups in total. The zero-order valence-corrected chi connectivity index (χ0v) is 21.0. The predicted molar refractivity (Wildman–Crippen MR) is 128 cm³/mol. The molecule has 0 spiro atoms. The molecule has 0 saturated carbocycles. The van der Waals surface area contributed by atoms with Crippen molar-refractivity contribution in [1.82, 2.24) is 24.5 Å². The van der Waals surface area contributed by atoms with Crippen molar-refractivity contribution >= 4 is 16.1 Å². The van der Waals surface area contributed by atoms with Crippen molar-refractivity contribution in [3.8, 4) is 16.9 Å². The molecule has 3 atom stereocenters. The summed E-state index contributed by atoms with van der Waals surface area (Å²) in [5.41, 5.74) is 1.42. The first-order valence-corrected chi connectivity index (χ1v) is 12.7. The van der Waals surface area contributed by atoms with Crippen LogP contribution in [-0.4, -0.2) is 83.7 Å². The Labute approximate surface area is 201 Å². The van der Waals surface area contributed by atoms with Gasteiger partial charge in [0, 0.05) is 49.6 Å². The van der Waals surface area contributed by atoms with E-state index in [1.807, 2.05) is 20.8 Å². The van der Waals surface area contributed by atoms with E-state index in [2.05, 4.69) is 15.3 Å². The third-order valence-corrected chi connectivity index (χ3v) is 7.79. The number of urea groups is 1. The fourth-order valence-electron chi connectivity index (χ4n) is 3.78. The number of likely N-dealkylation sites (N-methyl/N-ethyl adjacent to an activating group) is 1. The summed E-state index contributed by atoms with van der Waals surface area (Å²) >= 11 is 0. The lowest BCUT2D eigenvalue weighted by molar-refractivity contribution is 0.0810. The number of aromatic nitrogens is 2. The summed E-state index contributed by atoms with van der Waals surface area (Å²) in [6.07, 6.45) is 4.20. The first-order chi connectivity index (χ1) is 16.0. The second-order valence-electron chi connectivity index (χ2n) is 9.01. The van der Waals surface area contributed by atoms with Gasteiger partial charge < -0.3 is 20.1 Å². The van der Waals surface area contributed by atoms with E-state index < -0.39 is 22.2 Å². The Balaban J connectivity index is 2.06. The highest BCUT2D eigenvalue weighted by molar-refractivity contribution is 7.89. The average molecular weight is 492 g/mol. The number of nitrogens with zero attached hydrogens (tertiary/aromatic N) is 4.